The maximum atomic E-state index is 4.44. The molecule has 18 heavy (non-hydrogen) atoms. The monoisotopic (exact) mass is 250 g/mol. The first kappa shape index (κ1) is 13.6. The molecule has 0 aliphatic carbocycles. The van der Waals surface area contributed by atoms with E-state index in [-0.39, 0.29) is 0 Å². The molecule has 1 unspecified atom stereocenters. The first-order valence-corrected chi connectivity index (χ1v) is 7.10. The van der Waals surface area contributed by atoms with Crippen LogP contribution in [-0.2, 0) is 13.5 Å². The largest absolute Gasteiger partial charge is 0.311 e. The van der Waals surface area contributed by atoms with Crippen molar-refractivity contribution in [3.05, 3.63) is 18.0 Å². The number of hydrogen-bond donors (Lipinski definition) is 1. The van der Waals surface area contributed by atoms with Gasteiger partial charge in [0.25, 0.3) is 0 Å². The first-order valence-electron chi connectivity index (χ1n) is 7.10. The first-order chi connectivity index (χ1) is 8.63. The molecule has 0 amide bonds. The fourth-order valence-corrected chi connectivity index (χ4v) is 2.74. The molecule has 1 aliphatic heterocycles. The third-order valence-electron chi connectivity index (χ3n) is 3.53. The van der Waals surface area contributed by atoms with E-state index in [0.717, 1.165) is 13.0 Å². The molecule has 1 fully saturated rings. The lowest BCUT2D eigenvalue weighted by Crippen LogP contribution is -2.48. The van der Waals surface area contributed by atoms with Crippen LogP contribution in [0.3, 0.4) is 0 Å². The quantitative estimate of drug-likeness (QED) is 0.858. The predicted molar refractivity (Wildman–Crippen MR) is 74.6 cm³/mol. The lowest BCUT2D eigenvalue weighted by atomic mass is 10.0. The summed E-state index contributed by atoms with van der Waals surface area (Å²) in [6, 6.07) is 3.38. The Morgan fingerprint density at radius 1 is 1.50 bits per heavy atom. The highest BCUT2D eigenvalue weighted by Gasteiger charge is 2.19. The second kappa shape index (κ2) is 6.34. The molecule has 0 bridgehead atoms. The Hall–Kier alpha value is -0.870. The van der Waals surface area contributed by atoms with Crippen LogP contribution in [0.1, 0.15) is 32.4 Å². The third-order valence-corrected chi connectivity index (χ3v) is 3.53. The van der Waals surface area contributed by atoms with Gasteiger partial charge in [-0.1, -0.05) is 13.8 Å². The fraction of sp³-hybridized carbons (Fsp3) is 0.786. The van der Waals surface area contributed by atoms with Crippen LogP contribution < -0.4 is 5.32 Å². The number of piperidine rings is 1. The Morgan fingerprint density at radius 2 is 2.33 bits per heavy atom. The molecule has 4 heteroatoms. The zero-order valence-electron chi connectivity index (χ0n) is 11.9. The van der Waals surface area contributed by atoms with Gasteiger partial charge in [0.15, 0.2) is 0 Å². The zero-order valence-corrected chi connectivity index (χ0v) is 11.9. The Morgan fingerprint density at radius 3 is 3.00 bits per heavy atom. The van der Waals surface area contributed by atoms with E-state index in [4.69, 9.17) is 0 Å². The third kappa shape index (κ3) is 4.10. The summed E-state index contributed by atoms with van der Waals surface area (Å²) in [5.74, 6) is 0. The number of nitrogens with zero attached hydrogens (tertiary/aromatic N) is 3. The van der Waals surface area contributed by atoms with E-state index in [9.17, 15) is 0 Å². The summed E-state index contributed by atoms with van der Waals surface area (Å²) < 4.78 is 1.88. The van der Waals surface area contributed by atoms with Gasteiger partial charge in [-0.15, -0.1) is 0 Å². The molecule has 0 radical (unpaired) electrons. The predicted octanol–water partition coefficient (Wildman–Crippen LogP) is 1.42. The van der Waals surface area contributed by atoms with Crippen molar-refractivity contribution in [3.8, 4) is 0 Å². The van der Waals surface area contributed by atoms with Crippen LogP contribution in [0.15, 0.2) is 12.3 Å². The number of likely N-dealkylation sites (tertiary alicyclic amines) is 1. The van der Waals surface area contributed by atoms with Crippen molar-refractivity contribution >= 4 is 0 Å². The van der Waals surface area contributed by atoms with E-state index in [1.54, 1.807) is 0 Å². The van der Waals surface area contributed by atoms with E-state index in [0.29, 0.717) is 12.1 Å². The van der Waals surface area contributed by atoms with Crippen molar-refractivity contribution in [2.45, 2.75) is 45.2 Å². The molecule has 0 saturated carbocycles. The number of hydrogen-bond acceptors (Lipinski definition) is 3. The molecule has 1 saturated heterocycles. The molecule has 0 spiro atoms. The molecule has 4 nitrogen and oxygen atoms in total. The minimum absolute atomic E-state index is 0.589. The smallest absolute Gasteiger partial charge is 0.0637 e. The van der Waals surface area contributed by atoms with Crippen LogP contribution in [0.5, 0.6) is 0 Å². The van der Waals surface area contributed by atoms with Crippen LogP contribution in [-0.4, -0.2) is 46.4 Å². The lowest BCUT2D eigenvalue weighted by molar-refractivity contribution is 0.187. The van der Waals surface area contributed by atoms with E-state index in [1.165, 1.54) is 31.6 Å². The topological polar surface area (TPSA) is 33.1 Å². The van der Waals surface area contributed by atoms with Crippen LogP contribution in [0.25, 0.3) is 0 Å². The van der Waals surface area contributed by atoms with Crippen LogP contribution >= 0.6 is 0 Å². The van der Waals surface area contributed by atoms with Gasteiger partial charge in [0.1, 0.15) is 0 Å². The van der Waals surface area contributed by atoms with Crippen molar-refractivity contribution in [1.82, 2.24) is 20.0 Å². The number of aryl methyl sites for hydroxylation is 1. The van der Waals surface area contributed by atoms with Gasteiger partial charge >= 0.3 is 0 Å². The van der Waals surface area contributed by atoms with Crippen molar-refractivity contribution in [2.75, 3.05) is 19.6 Å². The summed E-state index contributed by atoms with van der Waals surface area (Å²) >= 11 is 0. The Labute approximate surface area is 110 Å². The molecule has 2 heterocycles. The molecular weight excluding hydrogens is 224 g/mol. The van der Waals surface area contributed by atoms with Gasteiger partial charge in [0, 0.05) is 44.8 Å². The minimum Gasteiger partial charge on any atom is -0.311 e. The Balaban J connectivity index is 1.75. The summed E-state index contributed by atoms with van der Waals surface area (Å²) in [5.41, 5.74) is 1.21. The molecule has 1 aromatic rings. The maximum absolute atomic E-state index is 4.44. The molecule has 102 valence electrons. The average molecular weight is 250 g/mol. The zero-order chi connectivity index (χ0) is 13.0. The summed E-state index contributed by atoms with van der Waals surface area (Å²) in [7, 11) is 1.98. The highest BCUT2D eigenvalue weighted by molar-refractivity contribution is 4.99. The highest BCUT2D eigenvalue weighted by atomic mass is 15.2. The molecule has 1 aromatic heterocycles. The second-order valence-corrected chi connectivity index (χ2v) is 5.69. The van der Waals surface area contributed by atoms with Gasteiger partial charge in [-0.3, -0.25) is 4.68 Å². The fourth-order valence-electron chi connectivity index (χ4n) is 2.74. The van der Waals surface area contributed by atoms with Crippen molar-refractivity contribution in [3.63, 3.8) is 0 Å². The molecule has 1 aliphatic rings. The van der Waals surface area contributed by atoms with E-state index >= 15 is 0 Å². The lowest BCUT2D eigenvalue weighted by Gasteiger charge is -2.34. The number of aromatic nitrogens is 2. The summed E-state index contributed by atoms with van der Waals surface area (Å²) in [4.78, 5) is 2.57. The normalized spacial score (nSPS) is 21.7. The summed E-state index contributed by atoms with van der Waals surface area (Å²) in [6.07, 6.45) is 5.72. The van der Waals surface area contributed by atoms with Crippen molar-refractivity contribution in [2.24, 2.45) is 7.05 Å². The summed E-state index contributed by atoms with van der Waals surface area (Å²) in [5, 5.41) is 8.09. The molecule has 2 rings (SSSR count). The van der Waals surface area contributed by atoms with Gasteiger partial charge in [0.2, 0.25) is 0 Å². The van der Waals surface area contributed by atoms with Crippen LogP contribution in [0, 0.1) is 0 Å². The van der Waals surface area contributed by atoms with Crippen molar-refractivity contribution < 1.29 is 0 Å². The maximum Gasteiger partial charge on any atom is 0.0637 e. The second-order valence-electron chi connectivity index (χ2n) is 5.69. The molecular formula is C14H26N4. The SMILES string of the molecule is CC(C)NC1CCCN(CCc2ccn(C)n2)C1. The standard InChI is InChI=1S/C14H26N4/c1-12(2)15-14-5-4-8-18(11-14)10-7-13-6-9-17(3)16-13/h6,9,12,14-15H,4-5,7-8,10-11H2,1-3H3. The van der Waals surface area contributed by atoms with Gasteiger partial charge in [-0.05, 0) is 25.5 Å². The highest BCUT2D eigenvalue weighted by Crippen LogP contribution is 2.11. The van der Waals surface area contributed by atoms with Crippen LogP contribution in [0.4, 0.5) is 0 Å². The van der Waals surface area contributed by atoms with E-state index in [1.807, 2.05) is 17.9 Å². The molecule has 0 aromatic carbocycles. The Bertz CT molecular complexity index is 358. The van der Waals surface area contributed by atoms with Gasteiger partial charge in [0.05, 0.1) is 5.69 Å². The van der Waals surface area contributed by atoms with Gasteiger partial charge in [-0.25, -0.2) is 0 Å². The minimum atomic E-state index is 0.589. The van der Waals surface area contributed by atoms with Gasteiger partial charge < -0.3 is 10.2 Å². The Kier molecular flexibility index (Phi) is 4.78. The van der Waals surface area contributed by atoms with Crippen LogP contribution in [0.2, 0.25) is 0 Å². The molecule has 1 atom stereocenters. The average Bonchev–Trinajstić information content (AvgIpc) is 2.72. The van der Waals surface area contributed by atoms with E-state index < -0.39 is 0 Å². The van der Waals surface area contributed by atoms with E-state index in [2.05, 4.69) is 35.2 Å². The number of nitrogens with one attached hydrogen (secondary N) is 1. The van der Waals surface area contributed by atoms with Gasteiger partial charge in [-0.2, -0.15) is 5.10 Å². The van der Waals surface area contributed by atoms with Crippen molar-refractivity contribution in [1.29, 1.82) is 0 Å². The molecule has 1 N–H and O–H groups in total. The summed E-state index contributed by atoms with van der Waals surface area (Å²) in [6.45, 7) is 8.01. The number of rotatable bonds is 5.